The normalized spacial score (nSPS) is 13.9. The van der Waals surface area contributed by atoms with Crippen LogP contribution in [-0.4, -0.2) is 17.4 Å². The zero-order chi connectivity index (χ0) is 15.5. The zero-order valence-corrected chi connectivity index (χ0v) is 13.4. The number of hydrogen-bond acceptors (Lipinski definition) is 3. The second-order valence-corrected chi connectivity index (χ2v) is 5.42. The summed E-state index contributed by atoms with van der Waals surface area (Å²) < 4.78 is 4.64. The maximum Gasteiger partial charge on any atom is 0.305 e. The van der Waals surface area contributed by atoms with Crippen LogP contribution in [0.15, 0.2) is 34.9 Å². The Balaban J connectivity index is 4.05. The fraction of sp³-hybridized carbons (Fsp3) is 0.588. The number of aliphatic hydroxyl groups is 1. The van der Waals surface area contributed by atoms with Crippen molar-refractivity contribution in [2.45, 2.75) is 66.6 Å². The van der Waals surface area contributed by atoms with E-state index in [1.807, 2.05) is 6.92 Å². The highest BCUT2D eigenvalue weighted by Crippen LogP contribution is 2.12. The van der Waals surface area contributed by atoms with Crippen LogP contribution >= 0.6 is 0 Å². The van der Waals surface area contributed by atoms with Crippen molar-refractivity contribution < 1.29 is 14.6 Å². The molecule has 3 nitrogen and oxygen atoms in total. The number of hydrogen-bond donors (Lipinski definition) is 1. The van der Waals surface area contributed by atoms with Crippen molar-refractivity contribution in [2.75, 3.05) is 0 Å². The molecule has 0 aliphatic rings. The van der Waals surface area contributed by atoms with Gasteiger partial charge >= 0.3 is 5.97 Å². The summed E-state index contributed by atoms with van der Waals surface area (Å²) in [5.41, 5.74) is 3.76. The van der Waals surface area contributed by atoms with Crippen molar-refractivity contribution in [3.8, 4) is 0 Å². The van der Waals surface area contributed by atoms with E-state index in [-0.39, 0.29) is 0 Å². The van der Waals surface area contributed by atoms with Crippen molar-refractivity contribution in [3.63, 3.8) is 0 Å². The van der Waals surface area contributed by atoms with E-state index in [1.165, 1.54) is 18.1 Å². The predicted octanol–water partition coefficient (Wildman–Crippen LogP) is 4.29. The van der Waals surface area contributed by atoms with Gasteiger partial charge in [0, 0.05) is 6.92 Å². The SMILES string of the molecule is CC(=O)OC(O)C=C(C)CCC=C(C)CCC=C(C)C. The summed E-state index contributed by atoms with van der Waals surface area (Å²) in [5, 5.41) is 9.43. The third-order valence-corrected chi connectivity index (χ3v) is 2.84. The molecule has 0 aromatic heterocycles. The van der Waals surface area contributed by atoms with Crippen LogP contribution in [0.4, 0.5) is 0 Å². The minimum atomic E-state index is -1.13. The van der Waals surface area contributed by atoms with Crippen molar-refractivity contribution in [3.05, 3.63) is 34.9 Å². The number of aliphatic hydroxyl groups excluding tert-OH is 1. The fourth-order valence-electron chi connectivity index (χ4n) is 1.77. The number of allylic oxidation sites excluding steroid dienone is 5. The van der Waals surface area contributed by atoms with Gasteiger partial charge in [-0.05, 0) is 59.5 Å². The van der Waals surface area contributed by atoms with Gasteiger partial charge in [-0.15, -0.1) is 0 Å². The van der Waals surface area contributed by atoms with Gasteiger partial charge in [-0.1, -0.05) is 28.9 Å². The standard InChI is InChI=1S/C17H28O3/c1-13(2)8-6-9-14(3)10-7-11-15(4)12-17(19)20-16(5)18/h8,10,12,17,19H,6-7,9,11H2,1-5H3. The minimum Gasteiger partial charge on any atom is -0.432 e. The Bertz CT molecular complexity index is 385. The van der Waals surface area contributed by atoms with Gasteiger partial charge in [-0.2, -0.15) is 0 Å². The molecule has 0 aromatic carbocycles. The van der Waals surface area contributed by atoms with E-state index in [9.17, 15) is 9.90 Å². The number of carbonyl (C=O) groups excluding carboxylic acids is 1. The molecule has 0 radical (unpaired) electrons. The molecule has 0 spiro atoms. The van der Waals surface area contributed by atoms with Gasteiger partial charge in [-0.3, -0.25) is 4.79 Å². The first kappa shape index (κ1) is 18.7. The summed E-state index contributed by atoms with van der Waals surface area (Å²) in [6.45, 7) is 9.58. The van der Waals surface area contributed by atoms with Crippen molar-refractivity contribution in [1.29, 1.82) is 0 Å². The van der Waals surface area contributed by atoms with Crippen LogP contribution in [0.1, 0.15) is 60.3 Å². The molecule has 0 rings (SSSR count). The predicted molar refractivity (Wildman–Crippen MR) is 83.2 cm³/mol. The molecule has 0 saturated carbocycles. The topological polar surface area (TPSA) is 46.5 Å². The van der Waals surface area contributed by atoms with E-state index in [2.05, 4.69) is 37.7 Å². The van der Waals surface area contributed by atoms with Gasteiger partial charge in [-0.25, -0.2) is 0 Å². The summed E-state index contributed by atoms with van der Waals surface area (Å²) in [7, 11) is 0. The van der Waals surface area contributed by atoms with E-state index in [1.54, 1.807) is 6.08 Å². The molecule has 0 aromatic rings. The highest BCUT2D eigenvalue weighted by Gasteiger charge is 2.03. The van der Waals surface area contributed by atoms with Gasteiger partial charge in [0.05, 0.1) is 0 Å². The van der Waals surface area contributed by atoms with Gasteiger partial charge in [0.25, 0.3) is 0 Å². The maximum atomic E-state index is 10.7. The molecule has 3 heteroatoms. The number of carbonyl (C=O) groups is 1. The van der Waals surface area contributed by atoms with Crippen LogP contribution in [0.25, 0.3) is 0 Å². The summed E-state index contributed by atoms with van der Waals surface area (Å²) in [6, 6.07) is 0. The Labute approximate surface area is 123 Å². The quantitative estimate of drug-likeness (QED) is 0.410. The summed E-state index contributed by atoms with van der Waals surface area (Å²) in [5.74, 6) is -0.475. The van der Waals surface area contributed by atoms with E-state index in [0.29, 0.717) is 0 Å². The molecular weight excluding hydrogens is 252 g/mol. The van der Waals surface area contributed by atoms with Gasteiger partial charge in [0.1, 0.15) is 0 Å². The van der Waals surface area contributed by atoms with Gasteiger partial charge in [0.2, 0.25) is 6.29 Å². The molecule has 1 atom stereocenters. The van der Waals surface area contributed by atoms with E-state index in [0.717, 1.165) is 31.3 Å². The molecule has 0 bridgehead atoms. The number of rotatable bonds is 8. The largest absolute Gasteiger partial charge is 0.432 e. The lowest BCUT2D eigenvalue weighted by Crippen LogP contribution is -2.12. The van der Waals surface area contributed by atoms with Gasteiger partial charge < -0.3 is 9.84 Å². The van der Waals surface area contributed by atoms with Crippen LogP contribution < -0.4 is 0 Å². The van der Waals surface area contributed by atoms with Crippen molar-refractivity contribution in [1.82, 2.24) is 0 Å². The molecule has 0 amide bonds. The molecule has 0 heterocycles. The first-order valence-electron chi connectivity index (χ1n) is 7.13. The highest BCUT2D eigenvalue weighted by atomic mass is 16.6. The lowest BCUT2D eigenvalue weighted by molar-refractivity contribution is -0.157. The monoisotopic (exact) mass is 280 g/mol. The van der Waals surface area contributed by atoms with Gasteiger partial charge in [0.15, 0.2) is 0 Å². The van der Waals surface area contributed by atoms with E-state index in [4.69, 9.17) is 0 Å². The lowest BCUT2D eigenvalue weighted by Gasteiger charge is -2.07. The minimum absolute atomic E-state index is 0.475. The molecule has 0 saturated heterocycles. The average Bonchev–Trinajstić information content (AvgIpc) is 2.26. The zero-order valence-electron chi connectivity index (χ0n) is 13.4. The molecule has 20 heavy (non-hydrogen) atoms. The van der Waals surface area contributed by atoms with Crippen molar-refractivity contribution >= 4 is 5.97 Å². The van der Waals surface area contributed by atoms with Crippen LogP contribution in [0.3, 0.4) is 0 Å². The second-order valence-electron chi connectivity index (χ2n) is 5.42. The molecule has 0 aliphatic carbocycles. The Morgan fingerprint density at radius 3 is 2.10 bits per heavy atom. The number of esters is 1. The molecule has 114 valence electrons. The summed E-state index contributed by atoms with van der Waals surface area (Å²) >= 11 is 0. The Morgan fingerprint density at radius 2 is 1.55 bits per heavy atom. The molecular formula is C17H28O3. The fourth-order valence-corrected chi connectivity index (χ4v) is 1.77. The molecule has 1 N–H and O–H groups in total. The van der Waals surface area contributed by atoms with Crippen LogP contribution in [0, 0.1) is 0 Å². The van der Waals surface area contributed by atoms with Crippen LogP contribution in [-0.2, 0) is 9.53 Å². The number of ether oxygens (including phenoxy) is 1. The Hall–Kier alpha value is -1.35. The first-order valence-corrected chi connectivity index (χ1v) is 7.13. The van der Waals surface area contributed by atoms with E-state index >= 15 is 0 Å². The molecule has 1 unspecified atom stereocenters. The molecule has 0 fully saturated rings. The summed E-state index contributed by atoms with van der Waals surface area (Å²) in [4.78, 5) is 10.7. The first-order chi connectivity index (χ1) is 9.31. The Morgan fingerprint density at radius 1 is 1.00 bits per heavy atom. The van der Waals surface area contributed by atoms with Crippen LogP contribution in [0.2, 0.25) is 0 Å². The summed E-state index contributed by atoms with van der Waals surface area (Å²) in [6.07, 6.45) is 8.90. The highest BCUT2D eigenvalue weighted by molar-refractivity contribution is 5.66. The van der Waals surface area contributed by atoms with Crippen molar-refractivity contribution in [2.24, 2.45) is 0 Å². The smallest absolute Gasteiger partial charge is 0.305 e. The van der Waals surface area contributed by atoms with E-state index < -0.39 is 12.3 Å². The average molecular weight is 280 g/mol. The van der Waals surface area contributed by atoms with Crippen LogP contribution in [0.5, 0.6) is 0 Å². The third-order valence-electron chi connectivity index (χ3n) is 2.84. The lowest BCUT2D eigenvalue weighted by atomic mass is 10.1. The Kier molecular flexibility index (Phi) is 9.73. The second kappa shape index (κ2) is 10.4. The third kappa shape index (κ3) is 11.7. The molecule has 0 aliphatic heterocycles. The maximum absolute atomic E-state index is 10.7.